The van der Waals surface area contributed by atoms with Crippen LogP contribution in [0.5, 0.6) is 5.75 Å². The van der Waals surface area contributed by atoms with Crippen LogP contribution < -0.4 is 9.46 Å². The van der Waals surface area contributed by atoms with Crippen molar-refractivity contribution in [3.63, 3.8) is 0 Å². The van der Waals surface area contributed by atoms with Crippen LogP contribution >= 0.6 is 0 Å². The van der Waals surface area contributed by atoms with E-state index in [1.807, 2.05) is 18.2 Å². The van der Waals surface area contributed by atoms with Crippen LogP contribution in [0, 0.1) is 13.8 Å². The molecule has 0 unspecified atom stereocenters. The van der Waals surface area contributed by atoms with Crippen molar-refractivity contribution in [1.29, 1.82) is 0 Å². The molecule has 9 nitrogen and oxygen atoms in total. The third-order valence-corrected chi connectivity index (χ3v) is 5.50. The molecule has 0 radical (unpaired) electrons. The zero-order valence-electron chi connectivity index (χ0n) is 14.6. The van der Waals surface area contributed by atoms with Gasteiger partial charge in [-0.3, -0.25) is 5.10 Å². The summed E-state index contributed by atoms with van der Waals surface area (Å²) in [5, 5.41) is 10.5. The van der Waals surface area contributed by atoms with E-state index in [4.69, 9.17) is 9.26 Å². The normalized spacial score (nSPS) is 11.7. The Labute approximate surface area is 150 Å². The number of H-pyrrole nitrogens is 1. The highest BCUT2D eigenvalue weighted by molar-refractivity contribution is 7.89. The molecule has 3 rings (SSSR count). The smallest absolute Gasteiger partial charge is 0.244 e. The van der Waals surface area contributed by atoms with Crippen LogP contribution in [0.4, 0.5) is 0 Å². The minimum Gasteiger partial charge on any atom is -0.496 e. The molecule has 1 aromatic carbocycles. The van der Waals surface area contributed by atoms with Gasteiger partial charge in [0, 0.05) is 13.0 Å². The van der Waals surface area contributed by atoms with Gasteiger partial charge in [0.25, 0.3) is 0 Å². The van der Waals surface area contributed by atoms with Crippen molar-refractivity contribution in [2.45, 2.75) is 25.2 Å². The first kappa shape index (κ1) is 18.1. The fraction of sp³-hybridized carbons (Fsp3) is 0.312. The zero-order chi connectivity index (χ0) is 18.7. The number of sulfonamides is 1. The summed E-state index contributed by atoms with van der Waals surface area (Å²) in [5.74, 6) is 1.35. The first-order valence-electron chi connectivity index (χ1n) is 7.89. The molecule has 2 heterocycles. The molecule has 0 amide bonds. The summed E-state index contributed by atoms with van der Waals surface area (Å²) in [7, 11) is -2.09. The van der Waals surface area contributed by atoms with Crippen LogP contribution in [0.1, 0.15) is 17.3 Å². The van der Waals surface area contributed by atoms with Crippen LogP contribution in [0.15, 0.2) is 33.7 Å². The predicted molar refractivity (Wildman–Crippen MR) is 93.2 cm³/mol. The minimum absolute atomic E-state index is 0.125. The topological polar surface area (TPSA) is 123 Å². The average molecular weight is 377 g/mol. The molecular weight excluding hydrogens is 358 g/mol. The van der Waals surface area contributed by atoms with Crippen LogP contribution in [-0.4, -0.2) is 42.4 Å². The Morgan fingerprint density at radius 2 is 2.04 bits per heavy atom. The maximum absolute atomic E-state index is 12.4. The van der Waals surface area contributed by atoms with Gasteiger partial charge < -0.3 is 9.26 Å². The summed E-state index contributed by atoms with van der Waals surface area (Å²) >= 11 is 0. The Hall–Kier alpha value is -2.72. The molecule has 0 bridgehead atoms. The minimum atomic E-state index is -3.66. The molecule has 26 heavy (non-hydrogen) atoms. The van der Waals surface area contributed by atoms with E-state index in [-0.39, 0.29) is 17.9 Å². The molecule has 0 atom stereocenters. The molecule has 0 aliphatic carbocycles. The summed E-state index contributed by atoms with van der Waals surface area (Å²) in [6.07, 6.45) is 0.261. The Morgan fingerprint density at radius 3 is 2.73 bits per heavy atom. The van der Waals surface area contributed by atoms with Crippen molar-refractivity contribution >= 4 is 10.0 Å². The standard InChI is InChI=1S/C16H19N5O4S/c1-10-15(11(2)20-19-10)26(22,23)17-9-8-14-18-16(21-25-14)12-6-4-5-7-13(12)24-3/h4-7,17H,8-9H2,1-3H3,(H,19,20). The van der Waals surface area contributed by atoms with Crippen LogP contribution in [0.3, 0.4) is 0 Å². The maximum atomic E-state index is 12.4. The zero-order valence-corrected chi connectivity index (χ0v) is 15.4. The van der Waals surface area contributed by atoms with Crippen molar-refractivity contribution < 1.29 is 17.7 Å². The highest BCUT2D eigenvalue weighted by atomic mass is 32.2. The molecule has 0 saturated carbocycles. The second-order valence-electron chi connectivity index (χ2n) is 5.62. The molecule has 138 valence electrons. The van der Waals surface area contributed by atoms with E-state index in [2.05, 4.69) is 25.1 Å². The van der Waals surface area contributed by atoms with E-state index in [0.29, 0.717) is 34.4 Å². The van der Waals surface area contributed by atoms with Gasteiger partial charge in [0.1, 0.15) is 10.6 Å². The summed E-state index contributed by atoms with van der Waals surface area (Å²) in [6, 6.07) is 7.31. The van der Waals surface area contributed by atoms with Gasteiger partial charge >= 0.3 is 0 Å². The second-order valence-corrected chi connectivity index (χ2v) is 7.33. The molecule has 0 fully saturated rings. The van der Waals surface area contributed by atoms with E-state index in [1.54, 1.807) is 27.0 Å². The second kappa shape index (κ2) is 7.26. The fourth-order valence-corrected chi connectivity index (χ4v) is 3.99. The highest BCUT2D eigenvalue weighted by Gasteiger charge is 2.22. The lowest BCUT2D eigenvalue weighted by atomic mass is 10.2. The lowest BCUT2D eigenvalue weighted by molar-refractivity contribution is 0.378. The lowest BCUT2D eigenvalue weighted by Gasteiger charge is -2.05. The number of aromatic nitrogens is 4. The van der Waals surface area contributed by atoms with Crippen molar-refractivity contribution in [3.05, 3.63) is 41.5 Å². The van der Waals surface area contributed by atoms with Crippen molar-refractivity contribution in [2.24, 2.45) is 0 Å². The number of hydrogen-bond donors (Lipinski definition) is 2. The van der Waals surface area contributed by atoms with Gasteiger partial charge in [-0.2, -0.15) is 10.1 Å². The van der Waals surface area contributed by atoms with E-state index in [9.17, 15) is 8.42 Å². The Morgan fingerprint density at radius 1 is 1.27 bits per heavy atom. The van der Waals surface area contributed by atoms with Crippen molar-refractivity contribution in [2.75, 3.05) is 13.7 Å². The number of hydrogen-bond acceptors (Lipinski definition) is 7. The highest BCUT2D eigenvalue weighted by Crippen LogP contribution is 2.27. The van der Waals surface area contributed by atoms with Crippen molar-refractivity contribution in [3.8, 4) is 17.1 Å². The van der Waals surface area contributed by atoms with Gasteiger partial charge in [0.2, 0.25) is 21.7 Å². The SMILES string of the molecule is COc1ccccc1-c1noc(CCNS(=O)(=O)c2c(C)n[nH]c2C)n1. The molecule has 0 aliphatic heterocycles. The van der Waals surface area contributed by atoms with E-state index >= 15 is 0 Å². The van der Waals surface area contributed by atoms with Gasteiger partial charge in [-0.1, -0.05) is 17.3 Å². The number of aryl methyl sites for hydroxylation is 2. The molecule has 0 aliphatic rings. The van der Waals surface area contributed by atoms with Gasteiger partial charge in [0.05, 0.1) is 24.1 Å². The number of ether oxygens (including phenoxy) is 1. The monoisotopic (exact) mass is 377 g/mol. The Bertz CT molecular complexity index is 990. The number of benzene rings is 1. The summed E-state index contributed by atoms with van der Waals surface area (Å²) < 4.78 is 37.8. The molecule has 2 aromatic heterocycles. The number of rotatable bonds is 7. The number of nitrogens with one attached hydrogen (secondary N) is 2. The molecule has 2 N–H and O–H groups in total. The Balaban J connectivity index is 1.67. The maximum Gasteiger partial charge on any atom is 0.244 e. The van der Waals surface area contributed by atoms with Crippen LogP contribution in [-0.2, 0) is 16.4 Å². The van der Waals surface area contributed by atoms with E-state index in [0.717, 1.165) is 0 Å². The largest absolute Gasteiger partial charge is 0.496 e. The summed E-state index contributed by atoms with van der Waals surface area (Å²) in [6.45, 7) is 3.42. The number of methoxy groups -OCH3 is 1. The number of nitrogens with zero attached hydrogens (tertiary/aromatic N) is 3. The third-order valence-electron chi connectivity index (χ3n) is 3.78. The van der Waals surface area contributed by atoms with Gasteiger partial charge in [0.15, 0.2) is 0 Å². The quantitative estimate of drug-likeness (QED) is 0.641. The first-order chi connectivity index (χ1) is 12.4. The van der Waals surface area contributed by atoms with Gasteiger partial charge in [-0.25, -0.2) is 13.1 Å². The molecule has 10 heteroatoms. The third kappa shape index (κ3) is 3.60. The van der Waals surface area contributed by atoms with Crippen LogP contribution in [0.25, 0.3) is 11.4 Å². The Kier molecular flexibility index (Phi) is 5.05. The first-order valence-corrected chi connectivity index (χ1v) is 9.38. The van der Waals surface area contributed by atoms with E-state index < -0.39 is 10.0 Å². The molecular formula is C16H19N5O4S. The van der Waals surface area contributed by atoms with Gasteiger partial charge in [-0.05, 0) is 26.0 Å². The van der Waals surface area contributed by atoms with Crippen LogP contribution in [0.2, 0.25) is 0 Å². The fourth-order valence-electron chi connectivity index (χ4n) is 2.60. The molecule has 3 aromatic rings. The number of para-hydroxylation sites is 1. The molecule has 0 spiro atoms. The van der Waals surface area contributed by atoms with E-state index in [1.165, 1.54) is 0 Å². The predicted octanol–water partition coefficient (Wildman–Crippen LogP) is 1.61. The molecule has 0 saturated heterocycles. The van der Waals surface area contributed by atoms with Crippen molar-refractivity contribution in [1.82, 2.24) is 25.1 Å². The summed E-state index contributed by atoms with van der Waals surface area (Å²) in [4.78, 5) is 4.46. The number of aromatic amines is 1. The summed E-state index contributed by atoms with van der Waals surface area (Å²) in [5.41, 5.74) is 1.62. The van der Waals surface area contributed by atoms with Gasteiger partial charge in [-0.15, -0.1) is 0 Å². The average Bonchev–Trinajstić information content (AvgIpc) is 3.21. The lowest BCUT2D eigenvalue weighted by Crippen LogP contribution is -2.27.